The molecular formula is C21H20ClN5OS. The topological polar surface area (TPSA) is 72.2 Å². The number of benzene rings is 2. The van der Waals surface area contributed by atoms with E-state index in [2.05, 4.69) is 20.7 Å². The average Bonchev–Trinajstić information content (AvgIpc) is 3.11. The smallest absolute Gasteiger partial charge is 0.250 e. The summed E-state index contributed by atoms with van der Waals surface area (Å²) in [5.41, 5.74) is 5.24. The first-order chi connectivity index (χ1) is 14.0. The number of hydrogen-bond acceptors (Lipinski definition) is 5. The van der Waals surface area contributed by atoms with E-state index in [0.717, 1.165) is 11.1 Å². The Bertz CT molecular complexity index is 1030. The van der Waals surface area contributed by atoms with Crippen molar-refractivity contribution in [3.8, 4) is 11.4 Å². The van der Waals surface area contributed by atoms with Gasteiger partial charge in [0.15, 0.2) is 11.0 Å². The molecule has 29 heavy (non-hydrogen) atoms. The zero-order valence-electron chi connectivity index (χ0n) is 16.0. The van der Waals surface area contributed by atoms with Crippen LogP contribution in [0.4, 0.5) is 0 Å². The standard InChI is InChI=1S/C21H20ClN5OS/c1-15(8-9-16-6-4-3-5-7-16)23-24-19(28)14-29-21-26-25-20(27(21)2)17-10-12-18(22)13-11-17/h3-13H,14H2,1-2H3,(H,24,28). The summed E-state index contributed by atoms with van der Waals surface area (Å²) >= 11 is 7.22. The monoisotopic (exact) mass is 425 g/mol. The summed E-state index contributed by atoms with van der Waals surface area (Å²) in [7, 11) is 1.86. The van der Waals surface area contributed by atoms with Crippen molar-refractivity contribution < 1.29 is 4.79 Å². The molecule has 0 aliphatic heterocycles. The quantitative estimate of drug-likeness (QED) is 0.345. The van der Waals surface area contributed by atoms with Crippen LogP contribution < -0.4 is 5.43 Å². The lowest BCUT2D eigenvalue weighted by molar-refractivity contribution is -0.118. The fourth-order valence-corrected chi connectivity index (χ4v) is 3.25. The highest BCUT2D eigenvalue weighted by atomic mass is 35.5. The SMILES string of the molecule is CC(C=Cc1ccccc1)=NNC(=O)CSc1nnc(-c2ccc(Cl)cc2)n1C. The van der Waals surface area contributed by atoms with E-state index in [0.29, 0.717) is 21.7 Å². The Morgan fingerprint density at radius 2 is 1.90 bits per heavy atom. The number of hydrazone groups is 1. The van der Waals surface area contributed by atoms with Gasteiger partial charge in [0, 0.05) is 17.6 Å². The fourth-order valence-electron chi connectivity index (χ4n) is 2.42. The summed E-state index contributed by atoms with van der Waals surface area (Å²) in [5, 5.41) is 13.8. The minimum Gasteiger partial charge on any atom is -0.305 e. The molecule has 0 atom stereocenters. The highest BCUT2D eigenvalue weighted by molar-refractivity contribution is 7.99. The zero-order chi connectivity index (χ0) is 20.6. The number of hydrogen-bond donors (Lipinski definition) is 1. The van der Waals surface area contributed by atoms with Gasteiger partial charge in [-0.2, -0.15) is 5.10 Å². The number of carbonyl (C=O) groups is 1. The van der Waals surface area contributed by atoms with Gasteiger partial charge < -0.3 is 4.57 Å². The summed E-state index contributed by atoms with van der Waals surface area (Å²) in [4.78, 5) is 12.1. The fraction of sp³-hybridized carbons (Fsp3) is 0.143. The number of halogens is 1. The normalized spacial score (nSPS) is 11.8. The predicted molar refractivity (Wildman–Crippen MR) is 119 cm³/mol. The van der Waals surface area contributed by atoms with Gasteiger partial charge in [-0.25, -0.2) is 5.43 Å². The van der Waals surface area contributed by atoms with Crippen molar-refractivity contribution in [2.45, 2.75) is 12.1 Å². The summed E-state index contributed by atoms with van der Waals surface area (Å²) in [6.07, 6.45) is 3.79. The molecule has 1 aromatic heterocycles. The van der Waals surface area contributed by atoms with Gasteiger partial charge in [0.05, 0.1) is 11.5 Å². The number of allylic oxidation sites excluding steroid dienone is 1. The van der Waals surface area contributed by atoms with Crippen LogP contribution >= 0.6 is 23.4 Å². The second-order valence-corrected chi connectivity index (χ2v) is 7.57. The minimum absolute atomic E-state index is 0.186. The molecule has 6 nitrogen and oxygen atoms in total. The second kappa shape index (κ2) is 10.0. The number of amides is 1. The molecule has 0 aliphatic rings. The van der Waals surface area contributed by atoms with E-state index in [9.17, 15) is 4.79 Å². The van der Waals surface area contributed by atoms with Crippen LogP contribution in [0.25, 0.3) is 17.5 Å². The average molecular weight is 426 g/mol. The van der Waals surface area contributed by atoms with E-state index in [1.807, 2.05) is 73.2 Å². The maximum Gasteiger partial charge on any atom is 0.250 e. The molecule has 0 fully saturated rings. The number of nitrogens with one attached hydrogen (secondary N) is 1. The van der Waals surface area contributed by atoms with Gasteiger partial charge in [0.1, 0.15) is 0 Å². The molecule has 0 unspecified atom stereocenters. The van der Waals surface area contributed by atoms with Crippen LogP contribution in [0.15, 0.2) is 70.9 Å². The van der Waals surface area contributed by atoms with E-state index in [1.54, 1.807) is 12.1 Å². The van der Waals surface area contributed by atoms with Crippen molar-refractivity contribution in [2.24, 2.45) is 12.1 Å². The van der Waals surface area contributed by atoms with Crippen molar-refractivity contribution in [2.75, 3.05) is 5.75 Å². The van der Waals surface area contributed by atoms with Crippen LogP contribution in [-0.2, 0) is 11.8 Å². The second-order valence-electron chi connectivity index (χ2n) is 6.19. The Kier molecular flexibility index (Phi) is 7.21. The maximum absolute atomic E-state index is 12.1. The van der Waals surface area contributed by atoms with E-state index >= 15 is 0 Å². The highest BCUT2D eigenvalue weighted by Gasteiger charge is 2.12. The first-order valence-electron chi connectivity index (χ1n) is 8.87. The van der Waals surface area contributed by atoms with Crippen molar-refractivity contribution >= 4 is 41.1 Å². The molecule has 3 aromatic rings. The van der Waals surface area contributed by atoms with Crippen LogP contribution in [0, 0.1) is 0 Å². The highest BCUT2D eigenvalue weighted by Crippen LogP contribution is 2.23. The molecule has 2 aromatic carbocycles. The number of carbonyl (C=O) groups excluding carboxylic acids is 1. The van der Waals surface area contributed by atoms with Crippen molar-refractivity contribution in [3.05, 3.63) is 71.3 Å². The molecule has 0 radical (unpaired) electrons. The third-order valence-corrected chi connectivity index (χ3v) is 5.22. The molecule has 0 saturated carbocycles. The Morgan fingerprint density at radius 3 is 2.62 bits per heavy atom. The number of aromatic nitrogens is 3. The van der Waals surface area contributed by atoms with Crippen LogP contribution in [0.1, 0.15) is 12.5 Å². The molecule has 148 valence electrons. The third kappa shape index (κ3) is 6.04. The molecule has 0 saturated heterocycles. The van der Waals surface area contributed by atoms with E-state index in [1.165, 1.54) is 11.8 Å². The lowest BCUT2D eigenvalue weighted by atomic mass is 10.2. The molecule has 0 aliphatic carbocycles. The van der Waals surface area contributed by atoms with Crippen LogP contribution in [0.2, 0.25) is 5.02 Å². The minimum atomic E-state index is -0.210. The predicted octanol–water partition coefficient (Wildman–Crippen LogP) is 4.43. The van der Waals surface area contributed by atoms with Gasteiger partial charge in [0.2, 0.25) is 0 Å². The number of thioether (sulfide) groups is 1. The molecule has 1 heterocycles. The Hall–Kier alpha value is -2.90. The summed E-state index contributed by atoms with van der Waals surface area (Å²) in [6.45, 7) is 1.83. The number of rotatable bonds is 7. The molecule has 3 rings (SSSR count). The van der Waals surface area contributed by atoms with E-state index in [4.69, 9.17) is 11.6 Å². The Morgan fingerprint density at radius 1 is 1.17 bits per heavy atom. The molecule has 0 spiro atoms. The van der Waals surface area contributed by atoms with Gasteiger partial charge in [0.25, 0.3) is 5.91 Å². The van der Waals surface area contributed by atoms with Gasteiger partial charge in [-0.15, -0.1) is 10.2 Å². The van der Waals surface area contributed by atoms with Gasteiger partial charge in [-0.3, -0.25) is 4.79 Å². The van der Waals surface area contributed by atoms with Gasteiger partial charge in [-0.05, 0) is 42.8 Å². The van der Waals surface area contributed by atoms with Crippen LogP contribution in [0.5, 0.6) is 0 Å². The largest absolute Gasteiger partial charge is 0.305 e. The molecule has 1 N–H and O–H groups in total. The first-order valence-corrected chi connectivity index (χ1v) is 10.2. The molecule has 0 bridgehead atoms. The van der Waals surface area contributed by atoms with Crippen molar-refractivity contribution in [1.29, 1.82) is 0 Å². The van der Waals surface area contributed by atoms with E-state index in [-0.39, 0.29) is 11.7 Å². The Balaban J connectivity index is 1.53. The lowest BCUT2D eigenvalue weighted by Crippen LogP contribution is -2.20. The summed E-state index contributed by atoms with van der Waals surface area (Å²) < 4.78 is 1.85. The summed E-state index contributed by atoms with van der Waals surface area (Å²) in [5.74, 6) is 0.689. The van der Waals surface area contributed by atoms with Crippen LogP contribution in [0.3, 0.4) is 0 Å². The first kappa shape index (κ1) is 20.8. The zero-order valence-corrected chi connectivity index (χ0v) is 17.6. The maximum atomic E-state index is 12.1. The third-order valence-electron chi connectivity index (χ3n) is 3.94. The van der Waals surface area contributed by atoms with Crippen molar-refractivity contribution in [1.82, 2.24) is 20.2 Å². The molecule has 1 amide bonds. The van der Waals surface area contributed by atoms with Crippen molar-refractivity contribution in [3.63, 3.8) is 0 Å². The Labute approximate surface area is 178 Å². The van der Waals surface area contributed by atoms with Gasteiger partial charge in [-0.1, -0.05) is 59.8 Å². The molecular weight excluding hydrogens is 406 g/mol. The lowest BCUT2D eigenvalue weighted by Gasteiger charge is -2.04. The van der Waals surface area contributed by atoms with Gasteiger partial charge >= 0.3 is 0 Å². The molecule has 8 heteroatoms. The summed E-state index contributed by atoms with van der Waals surface area (Å²) in [6, 6.07) is 17.3. The van der Waals surface area contributed by atoms with Crippen LogP contribution in [-0.4, -0.2) is 32.1 Å². The van der Waals surface area contributed by atoms with E-state index < -0.39 is 0 Å². The number of nitrogens with zero attached hydrogens (tertiary/aromatic N) is 4.